The first kappa shape index (κ1) is 20.8. The van der Waals surface area contributed by atoms with Crippen LogP contribution in [0, 0.1) is 12.8 Å². The van der Waals surface area contributed by atoms with Gasteiger partial charge in [-0.3, -0.25) is 0 Å². The Kier molecular flexibility index (Phi) is 6.35. The standard InChI is InChI=1S/C26H29NO2S/c1-21-6-5-9-26(20-21)30(28,29)27-18-16-23(17-19-27)11-10-22-12-14-25(15-13-22)24-7-3-2-4-8-24/h2-9,12-15,20,23H,10-11,16-19H2,1H3. The first-order valence-corrected chi connectivity index (χ1v) is 12.2. The summed E-state index contributed by atoms with van der Waals surface area (Å²) >= 11 is 0. The number of sulfonamides is 1. The second-order valence-corrected chi connectivity index (χ2v) is 10.2. The number of rotatable bonds is 6. The molecule has 1 fully saturated rings. The fourth-order valence-electron chi connectivity index (χ4n) is 4.23. The van der Waals surface area contributed by atoms with Crippen LogP contribution >= 0.6 is 0 Å². The van der Waals surface area contributed by atoms with Crippen LogP contribution in [0.15, 0.2) is 83.8 Å². The molecule has 1 heterocycles. The average molecular weight is 420 g/mol. The van der Waals surface area contributed by atoms with Gasteiger partial charge in [-0.05, 0) is 72.9 Å². The van der Waals surface area contributed by atoms with E-state index in [1.807, 2.05) is 25.1 Å². The molecule has 3 aromatic carbocycles. The highest BCUT2D eigenvalue weighted by molar-refractivity contribution is 7.89. The molecule has 0 spiro atoms. The normalized spacial score (nSPS) is 15.9. The zero-order valence-corrected chi connectivity index (χ0v) is 18.3. The van der Waals surface area contributed by atoms with Crippen LogP contribution in [0.1, 0.15) is 30.4 Å². The summed E-state index contributed by atoms with van der Waals surface area (Å²) < 4.78 is 27.5. The first-order chi connectivity index (χ1) is 14.5. The number of piperidine rings is 1. The van der Waals surface area contributed by atoms with E-state index in [-0.39, 0.29) is 0 Å². The minimum absolute atomic E-state index is 0.416. The smallest absolute Gasteiger partial charge is 0.207 e. The lowest BCUT2D eigenvalue weighted by molar-refractivity contribution is 0.263. The van der Waals surface area contributed by atoms with E-state index in [0.29, 0.717) is 23.9 Å². The van der Waals surface area contributed by atoms with Crippen LogP contribution in [-0.4, -0.2) is 25.8 Å². The number of nitrogens with zero attached hydrogens (tertiary/aromatic N) is 1. The Balaban J connectivity index is 1.30. The molecule has 4 rings (SSSR count). The van der Waals surface area contributed by atoms with Gasteiger partial charge in [-0.2, -0.15) is 4.31 Å². The predicted molar refractivity (Wildman–Crippen MR) is 123 cm³/mol. The monoisotopic (exact) mass is 419 g/mol. The van der Waals surface area contributed by atoms with Crippen LogP contribution in [0.3, 0.4) is 0 Å². The summed E-state index contributed by atoms with van der Waals surface area (Å²) in [4.78, 5) is 0.416. The van der Waals surface area contributed by atoms with Crippen molar-refractivity contribution in [2.45, 2.75) is 37.5 Å². The van der Waals surface area contributed by atoms with E-state index in [1.165, 1.54) is 16.7 Å². The van der Waals surface area contributed by atoms with Gasteiger partial charge in [-0.25, -0.2) is 8.42 Å². The zero-order valence-electron chi connectivity index (χ0n) is 17.5. The third-order valence-electron chi connectivity index (χ3n) is 6.10. The quantitative estimate of drug-likeness (QED) is 0.514. The minimum atomic E-state index is -3.37. The van der Waals surface area contributed by atoms with Crippen molar-refractivity contribution >= 4 is 10.0 Å². The lowest BCUT2D eigenvalue weighted by Crippen LogP contribution is -2.38. The van der Waals surface area contributed by atoms with Gasteiger partial charge in [-0.1, -0.05) is 66.7 Å². The summed E-state index contributed by atoms with van der Waals surface area (Å²) in [5.74, 6) is 0.586. The van der Waals surface area contributed by atoms with Crippen LogP contribution in [0.4, 0.5) is 0 Å². The zero-order chi connectivity index (χ0) is 21.0. The van der Waals surface area contributed by atoms with Gasteiger partial charge in [0.05, 0.1) is 4.90 Å². The van der Waals surface area contributed by atoms with Crippen molar-refractivity contribution in [2.75, 3.05) is 13.1 Å². The molecule has 0 saturated carbocycles. The molecule has 0 aromatic heterocycles. The van der Waals surface area contributed by atoms with E-state index in [2.05, 4.69) is 48.5 Å². The average Bonchev–Trinajstić information content (AvgIpc) is 2.79. The molecule has 0 N–H and O–H groups in total. The fourth-order valence-corrected chi connectivity index (χ4v) is 5.80. The Bertz CT molecular complexity index is 1070. The molecule has 4 heteroatoms. The Morgan fingerprint density at radius 2 is 1.50 bits per heavy atom. The Labute approximate surface area is 180 Å². The molecule has 3 nitrogen and oxygen atoms in total. The summed E-state index contributed by atoms with van der Waals surface area (Å²) in [6.07, 6.45) is 4.04. The van der Waals surface area contributed by atoms with E-state index in [4.69, 9.17) is 0 Å². The maximum absolute atomic E-state index is 12.9. The molecule has 30 heavy (non-hydrogen) atoms. The molecule has 156 valence electrons. The molecule has 0 bridgehead atoms. The molecular formula is C26H29NO2S. The first-order valence-electron chi connectivity index (χ1n) is 10.7. The maximum atomic E-state index is 12.9. The summed E-state index contributed by atoms with van der Waals surface area (Å²) in [7, 11) is -3.37. The van der Waals surface area contributed by atoms with Crippen molar-refractivity contribution in [3.8, 4) is 11.1 Å². The van der Waals surface area contributed by atoms with Crippen LogP contribution in [-0.2, 0) is 16.4 Å². The molecule has 1 aliphatic heterocycles. The summed E-state index contributed by atoms with van der Waals surface area (Å²) in [6.45, 7) is 3.17. The minimum Gasteiger partial charge on any atom is -0.207 e. The van der Waals surface area contributed by atoms with Crippen molar-refractivity contribution < 1.29 is 8.42 Å². The highest BCUT2D eigenvalue weighted by Crippen LogP contribution is 2.27. The second kappa shape index (κ2) is 9.15. The van der Waals surface area contributed by atoms with Crippen LogP contribution in [0.25, 0.3) is 11.1 Å². The number of aryl methyl sites for hydroxylation is 2. The highest BCUT2D eigenvalue weighted by Gasteiger charge is 2.29. The Morgan fingerprint density at radius 1 is 0.833 bits per heavy atom. The van der Waals surface area contributed by atoms with Gasteiger partial charge >= 0.3 is 0 Å². The van der Waals surface area contributed by atoms with Gasteiger partial charge in [-0.15, -0.1) is 0 Å². The number of hydrogen-bond acceptors (Lipinski definition) is 2. The van der Waals surface area contributed by atoms with E-state index >= 15 is 0 Å². The van der Waals surface area contributed by atoms with Gasteiger partial charge in [0.2, 0.25) is 10.0 Å². The van der Waals surface area contributed by atoms with Crippen molar-refractivity contribution in [1.82, 2.24) is 4.31 Å². The molecule has 0 aliphatic carbocycles. The van der Waals surface area contributed by atoms with Crippen LogP contribution < -0.4 is 0 Å². The maximum Gasteiger partial charge on any atom is 0.243 e. The predicted octanol–water partition coefficient (Wildman–Crippen LogP) is 5.70. The van der Waals surface area contributed by atoms with Gasteiger partial charge < -0.3 is 0 Å². The third-order valence-corrected chi connectivity index (χ3v) is 8.00. The van der Waals surface area contributed by atoms with Crippen molar-refractivity contribution in [3.63, 3.8) is 0 Å². The summed E-state index contributed by atoms with van der Waals surface area (Å²) in [6, 6.07) is 26.5. The molecule has 0 atom stereocenters. The Morgan fingerprint density at radius 3 is 2.17 bits per heavy atom. The van der Waals surface area contributed by atoms with Crippen molar-refractivity contribution in [2.24, 2.45) is 5.92 Å². The molecule has 1 aliphatic rings. The van der Waals surface area contributed by atoms with E-state index in [0.717, 1.165) is 31.2 Å². The van der Waals surface area contributed by atoms with Crippen molar-refractivity contribution in [3.05, 3.63) is 90.0 Å². The molecule has 1 saturated heterocycles. The van der Waals surface area contributed by atoms with Gasteiger partial charge in [0.1, 0.15) is 0 Å². The third kappa shape index (κ3) is 4.82. The molecule has 0 unspecified atom stereocenters. The summed E-state index contributed by atoms with van der Waals surface area (Å²) in [5.41, 5.74) is 4.81. The highest BCUT2D eigenvalue weighted by atomic mass is 32.2. The second-order valence-electron chi connectivity index (χ2n) is 8.27. The van der Waals surface area contributed by atoms with E-state index < -0.39 is 10.0 Å². The van der Waals surface area contributed by atoms with Crippen LogP contribution in [0.5, 0.6) is 0 Å². The Hall–Kier alpha value is -2.43. The summed E-state index contributed by atoms with van der Waals surface area (Å²) in [5, 5.41) is 0. The topological polar surface area (TPSA) is 37.4 Å². The van der Waals surface area contributed by atoms with Gasteiger partial charge in [0, 0.05) is 13.1 Å². The van der Waals surface area contributed by atoms with Crippen molar-refractivity contribution in [1.29, 1.82) is 0 Å². The number of hydrogen-bond donors (Lipinski definition) is 0. The SMILES string of the molecule is Cc1cccc(S(=O)(=O)N2CCC(CCc3ccc(-c4ccccc4)cc3)CC2)c1. The number of benzene rings is 3. The van der Waals surface area contributed by atoms with Crippen LogP contribution in [0.2, 0.25) is 0 Å². The molecule has 0 radical (unpaired) electrons. The fraction of sp³-hybridized carbons (Fsp3) is 0.308. The van der Waals surface area contributed by atoms with Gasteiger partial charge in [0.15, 0.2) is 0 Å². The molecular weight excluding hydrogens is 390 g/mol. The van der Waals surface area contributed by atoms with E-state index in [1.54, 1.807) is 16.4 Å². The lowest BCUT2D eigenvalue weighted by atomic mass is 9.91. The lowest BCUT2D eigenvalue weighted by Gasteiger charge is -2.31. The van der Waals surface area contributed by atoms with Gasteiger partial charge in [0.25, 0.3) is 0 Å². The molecule has 0 amide bonds. The largest absolute Gasteiger partial charge is 0.243 e. The molecule has 3 aromatic rings. The van der Waals surface area contributed by atoms with E-state index in [9.17, 15) is 8.42 Å².